The number of para-hydroxylation sites is 1. The molecule has 5 rings (SSSR count). The zero-order chi connectivity index (χ0) is 19.5. The fraction of sp³-hybridized carbons (Fsp3) is 0.300. The highest BCUT2D eigenvalue weighted by molar-refractivity contribution is 8.02. The lowest BCUT2D eigenvalue weighted by Crippen LogP contribution is -2.49. The summed E-state index contributed by atoms with van der Waals surface area (Å²) in [5, 5.41) is 8.21. The van der Waals surface area contributed by atoms with E-state index < -0.39 is 4.87 Å². The average Bonchev–Trinajstić information content (AvgIpc) is 3.33. The molecular weight excluding hydrogens is 374 g/mol. The number of carbonyl (C=O) groups is 2. The van der Waals surface area contributed by atoms with Gasteiger partial charge in [-0.3, -0.25) is 14.5 Å². The number of rotatable bonds is 3. The molecular formula is C20H19N5O2S. The molecule has 7 nitrogen and oxygen atoms in total. The van der Waals surface area contributed by atoms with Gasteiger partial charge in [0.1, 0.15) is 0 Å². The third kappa shape index (κ3) is 2.37. The molecule has 2 aliphatic rings. The topological polar surface area (TPSA) is 80.1 Å². The molecule has 0 spiro atoms. The Kier molecular flexibility index (Phi) is 3.74. The van der Waals surface area contributed by atoms with Crippen LogP contribution in [0.25, 0.3) is 11.0 Å². The van der Waals surface area contributed by atoms with E-state index in [2.05, 4.69) is 15.4 Å². The molecule has 0 radical (unpaired) electrons. The molecule has 1 saturated heterocycles. The van der Waals surface area contributed by atoms with Crippen molar-refractivity contribution >= 4 is 46.0 Å². The van der Waals surface area contributed by atoms with Crippen LogP contribution in [0.3, 0.4) is 0 Å². The molecule has 0 saturated carbocycles. The second-order valence-corrected chi connectivity index (χ2v) is 8.68. The maximum absolute atomic E-state index is 13.3. The van der Waals surface area contributed by atoms with Crippen LogP contribution in [0, 0.1) is 0 Å². The van der Waals surface area contributed by atoms with Gasteiger partial charge in [-0.25, -0.2) is 9.67 Å². The van der Waals surface area contributed by atoms with Gasteiger partial charge in [0.2, 0.25) is 5.91 Å². The van der Waals surface area contributed by atoms with Gasteiger partial charge in [-0.15, -0.1) is 0 Å². The largest absolute Gasteiger partial charge is 0.322 e. The van der Waals surface area contributed by atoms with Gasteiger partial charge in [0, 0.05) is 22.7 Å². The number of nitrogens with one attached hydrogen (secondary N) is 1. The highest BCUT2D eigenvalue weighted by atomic mass is 32.2. The van der Waals surface area contributed by atoms with Crippen molar-refractivity contribution in [2.75, 3.05) is 10.2 Å². The number of fused-ring (bicyclic) bond motifs is 4. The molecule has 142 valence electrons. The second-order valence-electron chi connectivity index (χ2n) is 7.36. The van der Waals surface area contributed by atoms with Crippen molar-refractivity contribution in [3.05, 3.63) is 42.7 Å². The van der Waals surface area contributed by atoms with Crippen LogP contribution in [0.5, 0.6) is 0 Å². The van der Waals surface area contributed by atoms with Gasteiger partial charge in [0.25, 0.3) is 5.91 Å². The van der Waals surface area contributed by atoms with E-state index in [1.165, 1.54) is 11.8 Å². The molecule has 0 aliphatic carbocycles. The number of pyridine rings is 1. The first-order valence-electron chi connectivity index (χ1n) is 9.25. The SMILES string of the molecule is CC(C)n1ncc2cc(NC(=O)C34CCC(=O)N3c3ccccc3S4)cnc21. The van der Waals surface area contributed by atoms with Crippen LogP contribution in [0.1, 0.15) is 32.7 Å². The zero-order valence-corrected chi connectivity index (χ0v) is 16.4. The number of nitrogens with zero attached hydrogens (tertiary/aromatic N) is 4. The van der Waals surface area contributed by atoms with Crippen molar-refractivity contribution in [3.63, 3.8) is 0 Å². The van der Waals surface area contributed by atoms with Gasteiger partial charge in [-0.1, -0.05) is 23.9 Å². The predicted molar refractivity (Wildman–Crippen MR) is 108 cm³/mol. The summed E-state index contributed by atoms with van der Waals surface area (Å²) in [5.74, 6) is -0.212. The predicted octanol–water partition coefficient (Wildman–Crippen LogP) is 3.58. The lowest BCUT2D eigenvalue weighted by molar-refractivity contribution is -0.121. The Morgan fingerprint density at radius 1 is 1.29 bits per heavy atom. The van der Waals surface area contributed by atoms with Crippen LogP contribution in [0.15, 0.2) is 47.6 Å². The Labute approximate surface area is 166 Å². The molecule has 1 unspecified atom stereocenters. The van der Waals surface area contributed by atoms with Crippen LogP contribution in [0.2, 0.25) is 0 Å². The molecule has 2 aromatic heterocycles. The lowest BCUT2D eigenvalue weighted by Gasteiger charge is -2.29. The van der Waals surface area contributed by atoms with Gasteiger partial charge in [0.05, 0.1) is 23.8 Å². The number of hydrogen-bond donors (Lipinski definition) is 1. The first-order valence-corrected chi connectivity index (χ1v) is 10.1. The minimum absolute atomic E-state index is 0.0145. The normalized spacial score (nSPS) is 20.7. The van der Waals surface area contributed by atoms with Gasteiger partial charge in [0.15, 0.2) is 10.5 Å². The number of thioether (sulfide) groups is 1. The molecule has 1 aromatic carbocycles. The summed E-state index contributed by atoms with van der Waals surface area (Å²) < 4.78 is 1.85. The smallest absolute Gasteiger partial charge is 0.261 e. The van der Waals surface area contributed by atoms with Gasteiger partial charge < -0.3 is 5.32 Å². The highest BCUT2D eigenvalue weighted by Crippen LogP contribution is 2.56. The van der Waals surface area contributed by atoms with E-state index in [-0.39, 0.29) is 17.9 Å². The number of aromatic nitrogens is 3. The quantitative estimate of drug-likeness (QED) is 0.736. The molecule has 1 fully saturated rings. The van der Waals surface area contributed by atoms with E-state index in [1.54, 1.807) is 17.3 Å². The Bertz CT molecular complexity index is 1120. The van der Waals surface area contributed by atoms with Crippen LogP contribution in [0.4, 0.5) is 11.4 Å². The summed E-state index contributed by atoms with van der Waals surface area (Å²) in [6.45, 7) is 4.09. The van der Waals surface area contributed by atoms with Crippen molar-refractivity contribution in [3.8, 4) is 0 Å². The summed E-state index contributed by atoms with van der Waals surface area (Å²) in [6, 6.07) is 9.74. The third-order valence-electron chi connectivity index (χ3n) is 5.21. The van der Waals surface area contributed by atoms with E-state index in [0.29, 0.717) is 18.5 Å². The van der Waals surface area contributed by atoms with Crippen LogP contribution < -0.4 is 10.2 Å². The van der Waals surface area contributed by atoms with Crippen LogP contribution in [-0.2, 0) is 9.59 Å². The molecule has 1 atom stereocenters. The van der Waals surface area contributed by atoms with E-state index in [1.807, 2.05) is 48.9 Å². The minimum Gasteiger partial charge on any atom is -0.322 e. The van der Waals surface area contributed by atoms with Gasteiger partial charge >= 0.3 is 0 Å². The van der Waals surface area contributed by atoms with Crippen molar-refractivity contribution in [2.24, 2.45) is 0 Å². The van der Waals surface area contributed by atoms with Crippen molar-refractivity contribution < 1.29 is 9.59 Å². The van der Waals surface area contributed by atoms with Crippen LogP contribution >= 0.6 is 11.8 Å². The highest BCUT2D eigenvalue weighted by Gasteiger charge is 2.57. The van der Waals surface area contributed by atoms with Crippen molar-refractivity contribution in [1.29, 1.82) is 0 Å². The van der Waals surface area contributed by atoms with Crippen molar-refractivity contribution in [2.45, 2.75) is 42.5 Å². The summed E-state index contributed by atoms with van der Waals surface area (Å²) in [5.41, 5.74) is 2.20. The second kappa shape index (κ2) is 6.07. The molecule has 2 aliphatic heterocycles. The van der Waals surface area contributed by atoms with E-state index in [9.17, 15) is 9.59 Å². The standard InChI is InChI=1S/C20H19N5O2S/c1-12(2)25-18-13(10-22-25)9-14(11-21-18)23-19(27)20-8-7-17(26)24(20)15-5-3-4-6-16(15)28-20/h3-6,9-12H,7-8H2,1-2H3,(H,23,27). The van der Waals surface area contributed by atoms with Gasteiger partial charge in [-0.05, 0) is 38.5 Å². The Morgan fingerprint density at radius 2 is 2.11 bits per heavy atom. The van der Waals surface area contributed by atoms with Crippen LogP contribution in [-0.4, -0.2) is 31.4 Å². The fourth-order valence-electron chi connectivity index (χ4n) is 3.91. The van der Waals surface area contributed by atoms with E-state index in [0.717, 1.165) is 21.6 Å². The maximum Gasteiger partial charge on any atom is 0.261 e. The summed E-state index contributed by atoms with van der Waals surface area (Å²) in [7, 11) is 0. The Morgan fingerprint density at radius 3 is 2.93 bits per heavy atom. The molecule has 2 amide bonds. The zero-order valence-electron chi connectivity index (χ0n) is 15.5. The number of amides is 2. The summed E-state index contributed by atoms with van der Waals surface area (Å²) >= 11 is 1.45. The molecule has 4 heterocycles. The summed E-state index contributed by atoms with van der Waals surface area (Å²) in [6.07, 6.45) is 4.25. The summed E-state index contributed by atoms with van der Waals surface area (Å²) in [4.78, 5) is 32.0. The number of hydrogen-bond acceptors (Lipinski definition) is 5. The number of anilines is 2. The monoisotopic (exact) mass is 393 g/mol. The van der Waals surface area contributed by atoms with E-state index >= 15 is 0 Å². The first kappa shape index (κ1) is 17.2. The molecule has 1 N–H and O–H groups in total. The third-order valence-corrected chi connectivity index (χ3v) is 6.68. The number of carbonyl (C=O) groups excluding carboxylic acids is 2. The molecule has 3 aromatic rings. The molecule has 28 heavy (non-hydrogen) atoms. The van der Waals surface area contributed by atoms with E-state index in [4.69, 9.17) is 0 Å². The first-order chi connectivity index (χ1) is 13.5. The van der Waals surface area contributed by atoms with Gasteiger partial charge in [-0.2, -0.15) is 5.10 Å². The number of benzene rings is 1. The molecule has 0 bridgehead atoms. The Hall–Kier alpha value is -2.87. The Balaban J connectivity index is 1.47. The molecule has 8 heteroatoms. The fourth-order valence-corrected chi connectivity index (χ4v) is 5.33. The average molecular weight is 393 g/mol. The minimum atomic E-state index is -0.933. The lowest BCUT2D eigenvalue weighted by atomic mass is 10.1. The van der Waals surface area contributed by atoms with Crippen molar-refractivity contribution in [1.82, 2.24) is 14.8 Å². The maximum atomic E-state index is 13.3.